The molecule has 4 rings (SSSR count). The van der Waals surface area contributed by atoms with Crippen LogP contribution in [-0.2, 0) is 4.79 Å². The fourth-order valence-electron chi connectivity index (χ4n) is 3.42. The van der Waals surface area contributed by atoms with Crippen LogP contribution in [0, 0.1) is 5.92 Å². The first-order valence-electron chi connectivity index (χ1n) is 9.97. The summed E-state index contributed by atoms with van der Waals surface area (Å²) in [6.45, 7) is 4.31. The zero-order chi connectivity index (χ0) is 20.9. The van der Waals surface area contributed by atoms with Crippen LogP contribution in [0.2, 0.25) is 0 Å². The highest BCUT2D eigenvalue weighted by Gasteiger charge is 2.18. The van der Waals surface area contributed by atoms with Crippen LogP contribution in [0.15, 0.2) is 70.4 Å². The fourth-order valence-corrected chi connectivity index (χ4v) is 4.00. The lowest BCUT2D eigenvalue weighted by Gasteiger charge is -2.21. The molecule has 1 amide bonds. The van der Waals surface area contributed by atoms with Gasteiger partial charge in [-0.25, -0.2) is 0 Å². The van der Waals surface area contributed by atoms with Crippen LogP contribution in [0.3, 0.4) is 0 Å². The molecular weight excluding hydrogens is 396 g/mol. The van der Waals surface area contributed by atoms with Gasteiger partial charge >= 0.3 is 0 Å². The Labute approximate surface area is 179 Å². The minimum atomic E-state index is -0.0543. The molecule has 0 aliphatic carbocycles. The first-order chi connectivity index (χ1) is 14.6. The number of carbonyl (C=O) groups excluding carboxylic acids is 1. The minimum Gasteiger partial charge on any atom is -0.411 e. The fraction of sp³-hybridized carbons (Fsp3) is 0.261. The second kappa shape index (κ2) is 9.17. The van der Waals surface area contributed by atoms with Crippen LogP contribution >= 0.6 is 11.8 Å². The summed E-state index contributed by atoms with van der Waals surface area (Å²) in [6.07, 6.45) is 2.74. The molecule has 0 bridgehead atoms. The first kappa shape index (κ1) is 20.2. The third kappa shape index (κ3) is 4.74. The minimum absolute atomic E-state index is 0.0104. The number of aromatic nitrogens is 3. The number of nitrogens with zero attached hydrogens (tertiary/aromatic N) is 2. The summed E-state index contributed by atoms with van der Waals surface area (Å²) in [6, 6.07) is 18.0. The standard InChI is InChI=1S/C23H24N4O2S/c1-15(2)12-20(16-8-4-3-5-9-16)25-21(28)14-30-23-27-26-22(29-23)18-13-24-19-11-7-6-10-17(18)19/h3-11,13,15,20,24H,12,14H2,1-2H3,(H,25,28)/t20-/m0/s1. The smallest absolute Gasteiger partial charge is 0.277 e. The molecule has 0 saturated heterocycles. The van der Waals surface area contributed by atoms with Gasteiger partial charge in [-0.2, -0.15) is 0 Å². The number of hydrogen-bond donors (Lipinski definition) is 2. The average molecular weight is 421 g/mol. The quantitative estimate of drug-likeness (QED) is 0.382. The number of aromatic amines is 1. The summed E-state index contributed by atoms with van der Waals surface area (Å²) in [4.78, 5) is 15.8. The summed E-state index contributed by atoms with van der Waals surface area (Å²) < 4.78 is 5.78. The number of nitrogens with one attached hydrogen (secondary N) is 2. The molecule has 2 heterocycles. The topological polar surface area (TPSA) is 83.8 Å². The Morgan fingerprint density at radius 2 is 1.87 bits per heavy atom. The van der Waals surface area contributed by atoms with E-state index in [1.54, 1.807) is 0 Å². The molecule has 6 nitrogen and oxygen atoms in total. The monoisotopic (exact) mass is 420 g/mol. The van der Waals surface area contributed by atoms with E-state index in [1.807, 2.05) is 60.8 Å². The van der Waals surface area contributed by atoms with Crippen molar-refractivity contribution in [2.45, 2.75) is 31.5 Å². The van der Waals surface area contributed by atoms with Gasteiger partial charge in [0.25, 0.3) is 11.1 Å². The molecule has 0 aliphatic rings. The number of benzene rings is 2. The molecule has 0 fully saturated rings. The Morgan fingerprint density at radius 3 is 2.67 bits per heavy atom. The van der Waals surface area contributed by atoms with Crippen LogP contribution in [0.5, 0.6) is 0 Å². The van der Waals surface area contributed by atoms with Gasteiger partial charge in [0.1, 0.15) is 0 Å². The lowest BCUT2D eigenvalue weighted by molar-refractivity contribution is -0.119. The molecule has 4 aromatic rings. The van der Waals surface area contributed by atoms with Crippen molar-refractivity contribution in [3.63, 3.8) is 0 Å². The van der Waals surface area contributed by atoms with Crippen molar-refractivity contribution >= 4 is 28.6 Å². The van der Waals surface area contributed by atoms with Crippen molar-refractivity contribution in [3.8, 4) is 11.5 Å². The van der Waals surface area contributed by atoms with Gasteiger partial charge in [0.05, 0.1) is 17.4 Å². The van der Waals surface area contributed by atoms with Gasteiger partial charge in [-0.1, -0.05) is 74.1 Å². The normalized spacial score (nSPS) is 12.4. The van der Waals surface area contributed by atoms with Gasteiger partial charge in [-0.15, -0.1) is 10.2 Å². The summed E-state index contributed by atoms with van der Waals surface area (Å²) in [5, 5.41) is 12.8. The Balaban J connectivity index is 1.39. The number of H-pyrrole nitrogens is 1. The maximum absolute atomic E-state index is 12.6. The average Bonchev–Trinajstić information content (AvgIpc) is 3.39. The summed E-state index contributed by atoms with van der Waals surface area (Å²) in [7, 11) is 0. The van der Waals surface area contributed by atoms with Crippen LogP contribution in [0.25, 0.3) is 22.4 Å². The van der Waals surface area contributed by atoms with Gasteiger partial charge in [-0.3, -0.25) is 4.79 Å². The zero-order valence-electron chi connectivity index (χ0n) is 17.0. The molecule has 0 aliphatic heterocycles. The van der Waals surface area contributed by atoms with E-state index in [-0.39, 0.29) is 17.7 Å². The lowest BCUT2D eigenvalue weighted by atomic mass is 9.97. The van der Waals surface area contributed by atoms with E-state index in [4.69, 9.17) is 4.42 Å². The zero-order valence-corrected chi connectivity index (χ0v) is 17.8. The van der Waals surface area contributed by atoms with E-state index in [0.29, 0.717) is 17.0 Å². The second-order valence-corrected chi connectivity index (χ2v) is 8.50. The highest BCUT2D eigenvalue weighted by Crippen LogP contribution is 2.29. The number of para-hydroxylation sites is 1. The highest BCUT2D eigenvalue weighted by atomic mass is 32.2. The maximum atomic E-state index is 12.6. The molecule has 7 heteroatoms. The van der Waals surface area contributed by atoms with Crippen molar-refractivity contribution in [3.05, 3.63) is 66.4 Å². The number of amides is 1. The Hall–Kier alpha value is -3.06. The van der Waals surface area contributed by atoms with Crippen molar-refractivity contribution in [2.75, 3.05) is 5.75 Å². The summed E-state index contributed by atoms with van der Waals surface area (Å²) in [5.41, 5.74) is 2.98. The van der Waals surface area contributed by atoms with E-state index in [9.17, 15) is 4.79 Å². The van der Waals surface area contributed by atoms with E-state index < -0.39 is 0 Å². The molecule has 2 aromatic carbocycles. The Kier molecular flexibility index (Phi) is 6.18. The van der Waals surface area contributed by atoms with Crippen molar-refractivity contribution in [1.82, 2.24) is 20.5 Å². The Bertz CT molecular complexity index is 1120. The third-order valence-electron chi connectivity index (χ3n) is 4.80. The molecule has 1 atom stereocenters. The van der Waals surface area contributed by atoms with E-state index in [1.165, 1.54) is 11.8 Å². The van der Waals surface area contributed by atoms with Crippen LogP contribution in [0.4, 0.5) is 0 Å². The lowest BCUT2D eigenvalue weighted by Crippen LogP contribution is -2.30. The second-order valence-electron chi connectivity index (χ2n) is 7.57. The number of thioether (sulfide) groups is 1. The molecule has 30 heavy (non-hydrogen) atoms. The molecule has 0 spiro atoms. The van der Waals surface area contributed by atoms with Gasteiger partial charge < -0.3 is 14.7 Å². The van der Waals surface area contributed by atoms with E-state index in [0.717, 1.165) is 28.5 Å². The van der Waals surface area contributed by atoms with Gasteiger partial charge in [0.15, 0.2) is 0 Å². The SMILES string of the molecule is CC(C)C[C@H](NC(=O)CSc1nnc(-c2c[nH]c3ccccc23)o1)c1ccccc1. The van der Waals surface area contributed by atoms with Crippen LogP contribution in [-0.4, -0.2) is 26.8 Å². The van der Waals surface area contributed by atoms with Crippen molar-refractivity contribution in [1.29, 1.82) is 0 Å². The Morgan fingerprint density at radius 1 is 1.10 bits per heavy atom. The van der Waals surface area contributed by atoms with E-state index in [2.05, 4.69) is 34.3 Å². The molecule has 0 saturated carbocycles. The predicted octanol–water partition coefficient (Wildman–Crippen LogP) is 5.21. The maximum Gasteiger partial charge on any atom is 0.277 e. The van der Waals surface area contributed by atoms with Gasteiger partial charge in [-0.05, 0) is 24.0 Å². The first-order valence-corrected chi connectivity index (χ1v) is 11.0. The van der Waals surface area contributed by atoms with Crippen LogP contribution < -0.4 is 5.32 Å². The molecule has 154 valence electrons. The highest BCUT2D eigenvalue weighted by molar-refractivity contribution is 7.99. The van der Waals surface area contributed by atoms with Crippen molar-refractivity contribution in [2.24, 2.45) is 5.92 Å². The summed E-state index contributed by atoms with van der Waals surface area (Å²) in [5.74, 6) is 1.08. The van der Waals surface area contributed by atoms with Gasteiger partial charge in [0.2, 0.25) is 5.91 Å². The molecular formula is C23H24N4O2S. The third-order valence-corrected chi connectivity index (χ3v) is 5.62. The van der Waals surface area contributed by atoms with Gasteiger partial charge in [0, 0.05) is 17.1 Å². The number of hydrogen-bond acceptors (Lipinski definition) is 5. The van der Waals surface area contributed by atoms with E-state index >= 15 is 0 Å². The number of carbonyl (C=O) groups is 1. The number of rotatable bonds is 8. The van der Waals surface area contributed by atoms with Crippen LogP contribution in [0.1, 0.15) is 31.9 Å². The summed E-state index contributed by atoms with van der Waals surface area (Å²) >= 11 is 1.25. The molecule has 2 N–H and O–H groups in total. The largest absolute Gasteiger partial charge is 0.411 e. The van der Waals surface area contributed by atoms with Crippen molar-refractivity contribution < 1.29 is 9.21 Å². The molecule has 2 aromatic heterocycles. The molecule has 0 unspecified atom stereocenters. The molecule has 0 radical (unpaired) electrons. The number of fused-ring (bicyclic) bond motifs is 1. The predicted molar refractivity (Wildman–Crippen MR) is 119 cm³/mol.